The van der Waals surface area contributed by atoms with Gasteiger partial charge in [-0.2, -0.15) is 0 Å². The van der Waals surface area contributed by atoms with Crippen molar-refractivity contribution < 1.29 is 0 Å². The quantitative estimate of drug-likeness (QED) is 0.531. The molecule has 86 valence electrons. The highest BCUT2D eigenvalue weighted by Gasteiger charge is 2.61. The summed E-state index contributed by atoms with van der Waals surface area (Å²) in [5.74, 6) is 6.82. The molecule has 3 fully saturated rings. The zero-order valence-electron chi connectivity index (χ0n) is 10.1. The Morgan fingerprint density at radius 1 is 0.688 bits per heavy atom. The third-order valence-electron chi connectivity index (χ3n) is 6.57. The van der Waals surface area contributed by atoms with E-state index in [4.69, 9.17) is 0 Å². The Labute approximate surface area is 98.5 Å². The second-order valence-electron chi connectivity index (χ2n) is 7.28. The SMILES string of the molecule is C1CCC2CC3=C(CC2C1)C1CC1C1CC31. The van der Waals surface area contributed by atoms with E-state index in [1.54, 1.807) is 38.5 Å². The number of fused-ring (bicyclic) bond motifs is 6. The Balaban J connectivity index is 1.53. The van der Waals surface area contributed by atoms with E-state index < -0.39 is 0 Å². The van der Waals surface area contributed by atoms with Crippen molar-refractivity contribution in [3.05, 3.63) is 11.1 Å². The molecule has 0 heterocycles. The van der Waals surface area contributed by atoms with Gasteiger partial charge in [0.1, 0.15) is 0 Å². The van der Waals surface area contributed by atoms with Crippen molar-refractivity contribution in [1.29, 1.82) is 0 Å². The van der Waals surface area contributed by atoms with Crippen molar-refractivity contribution in [2.45, 2.75) is 51.4 Å². The van der Waals surface area contributed by atoms with Gasteiger partial charge in [-0.1, -0.05) is 24.0 Å². The Hall–Kier alpha value is -0.260. The van der Waals surface area contributed by atoms with E-state index >= 15 is 0 Å². The molecular formula is C16H22. The maximum atomic E-state index is 2.02. The lowest BCUT2D eigenvalue weighted by Crippen LogP contribution is -2.27. The van der Waals surface area contributed by atoms with E-state index in [0.29, 0.717) is 0 Å². The number of hydrogen-bond donors (Lipinski definition) is 0. The summed E-state index contributed by atoms with van der Waals surface area (Å²) in [6, 6.07) is 0. The Morgan fingerprint density at radius 3 is 1.69 bits per heavy atom. The normalized spacial score (nSPS) is 57.0. The highest BCUT2D eigenvalue weighted by Crippen LogP contribution is 2.70. The van der Waals surface area contributed by atoms with Crippen LogP contribution in [0.25, 0.3) is 0 Å². The molecule has 0 aromatic heterocycles. The Bertz CT molecular complexity index is 341. The predicted octanol–water partition coefficient (Wildman–Crippen LogP) is 4.17. The van der Waals surface area contributed by atoms with Gasteiger partial charge in [0.25, 0.3) is 0 Å². The van der Waals surface area contributed by atoms with Gasteiger partial charge in [0.15, 0.2) is 0 Å². The van der Waals surface area contributed by atoms with Crippen LogP contribution in [0, 0.1) is 35.5 Å². The average molecular weight is 214 g/mol. The van der Waals surface area contributed by atoms with Gasteiger partial charge < -0.3 is 0 Å². The molecule has 5 rings (SSSR count). The predicted molar refractivity (Wildman–Crippen MR) is 64.9 cm³/mol. The molecule has 0 heteroatoms. The van der Waals surface area contributed by atoms with Crippen LogP contribution in [0.2, 0.25) is 0 Å². The minimum absolute atomic E-state index is 1.11. The number of hydrogen-bond acceptors (Lipinski definition) is 0. The van der Waals surface area contributed by atoms with Crippen molar-refractivity contribution >= 4 is 0 Å². The van der Waals surface area contributed by atoms with E-state index in [1.165, 1.54) is 24.7 Å². The topological polar surface area (TPSA) is 0 Å². The first-order valence-electron chi connectivity index (χ1n) is 7.63. The van der Waals surface area contributed by atoms with Crippen molar-refractivity contribution in [3.63, 3.8) is 0 Å². The van der Waals surface area contributed by atoms with Gasteiger partial charge in [0.05, 0.1) is 0 Å². The van der Waals surface area contributed by atoms with Crippen LogP contribution < -0.4 is 0 Å². The van der Waals surface area contributed by atoms with Gasteiger partial charge >= 0.3 is 0 Å². The van der Waals surface area contributed by atoms with E-state index in [9.17, 15) is 0 Å². The van der Waals surface area contributed by atoms with Gasteiger partial charge in [0, 0.05) is 0 Å². The molecule has 6 atom stereocenters. The highest BCUT2D eigenvalue weighted by molar-refractivity contribution is 5.38. The zero-order chi connectivity index (χ0) is 10.3. The maximum absolute atomic E-state index is 2.02. The van der Waals surface area contributed by atoms with Crippen LogP contribution in [0.4, 0.5) is 0 Å². The van der Waals surface area contributed by atoms with Gasteiger partial charge in [0.2, 0.25) is 0 Å². The third-order valence-corrected chi connectivity index (χ3v) is 6.57. The largest absolute Gasteiger partial charge is 0.0670 e. The summed E-state index contributed by atoms with van der Waals surface area (Å²) in [6.07, 6.45) is 12.5. The Morgan fingerprint density at radius 2 is 1.19 bits per heavy atom. The molecule has 0 radical (unpaired) electrons. The highest BCUT2D eigenvalue weighted by atomic mass is 14.7. The minimum atomic E-state index is 1.11. The second-order valence-corrected chi connectivity index (χ2v) is 7.28. The van der Waals surface area contributed by atoms with Crippen molar-refractivity contribution in [2.75, 3.05) is 0 Å². The third kappa shape index (κ3) is 1.02. The van der Waals surface area contributed by atoms with Crippen LogP contribution in [-0.4, -0.2) is 0 Å². The molecule has 0 aromatic carbocycles. The molecular weight excluding hydrogens is 192 g/mol. The molecule has 0 spiro atoms. The minimum Gasteiger partial charge on any atom is -0.0670 e. The number of rotatable bonds is 0. The fourth-order valence-electron chi connectivity index (χ4n) is 5.61. The van der Waals surface area contributed by atoms with E-state index in [1.807, 2.05) is 11.1 Å². The summed E-state index contributed by atoms with van der Waals surface area (Å²) in [7, 11) is 0. The molecule has 0 saturated heterocycles. The summed E-state index contributed by atoms with van der Waals surface area (Å²) >= 11 is 0. The molecule has 6 unspecified atom stereocenters. The first-order valence-corrected chi connectivity index (χ1v) is 7.63. The van der Waals surface area contributed by atoms with Crippen LogP contribution in [0.5, 0.6) is 0 Å². The molecule has 0 nitrogen and oxygen atoms in total. The van der Waals surface area contributed by atoms with E-state index in [2.05, 4.69) is 0 Å². The molecule has 5 aliphatic carbocycles. The van der Waals surface area contributed by atoms with Crippen LogP contribution >= 0.6 is 0 Å². The van der Waals surface area contributed by atoms with Crippen molar-refractivity contribution in [2.24, 2.45) is 35.5 Å². The van der Waals surface area contributed by atoms with Crippen LogP contribution in [0.15, 0.2) is 11.1 Å². The lowest BCUT2D eigenvalue weighted by atomic mass is 9.66. The molecule has 0 N–H and O–H groups in total. The molecule has 0 aromatic rings. The average Bonchev–Trinajstić information content (AvgIpc) is 3.16. The summed E-state index contributed by atoms with van der Waals surface area (Å²) < 4.78 is 0. The van der Waals surface area contributed by atoms with Crippen molar-refractivity contribution in [3.8, 4) is 0 Å². The monoisotopic (exact) mass is 214 g/mol. The lowest BCUT2D eigenvalue weighted by molar-refractivity contribution is 0.210. The smallest absolute Gasteiger partial charge is 0.0166 e. The molecule has 5 aliphatic rings. The maximum Gasteiger partial charge on any atom is -0.0166 e. The molecule has 0 amide bonds. The van der Waals surface area contributed by atoms with Gasteiger partial charge in [-0.3, -0.25) is 0 Å². The summed E-state index contributed by atoms with van der Waals surface area (Å²) in [4.78, 5) is 0. The zero-order valence-corrected chi connectivity index (χ0v) is 10.1. The standard InChI is InChI=1S/C16H22/c1-2-4-10-6-12-11(5-9(10)3-1)13-7-15(13)16-8-14(12)16/h9-10,13-16H,1-8H2. The van der Waals surface area contributed by atoms with Crippen LogP contribution in [0.3, 0.4) is 0 Å². The van der Waals surface area contributed by atoms with Gasteiger partial charge in [-0.25, -0.2) is 0 Å². The molecule has 3 saturated carbocycles. The summed E-state index contributed by atoms with van der Waals surface area (Å²) in [5, 5.41) is 0. The first kappa shape index (κ1) is 8.78. The van der Waals surface area contributed by atoms with E-state index in [-0.39, 0.29) is 0 Å². The van der Waals surface area contributed by atoms with Crippen LogP contribution in [0.1, 0.15) is 51.4 Å². The van der Waals surface area contributed by atoms with Crippen LogP contribution in [-0.2, 0) is 0 Å². The summed E-state index contributed by atoms with van der Waals surface area (Å²) in [5.41, 5.74) is 4.04. The fourth-order valence-corrected chi connectivity index (χ4v) is 5.61. The molecule has 0 bridgehead atoms. The molecule has 0 aliphatic heterocycles. The van der Waals surface area contributed by atoms with Crippen molar-refractivity contribution in [1.82, 2.24) is 0 Å². The Kier molecular flexibility index (Phi) is 1.52. The fraction of sp³-hybridized carbons (Fsp3) is 0.875. The molecule has 16 heavy (non-hydrogen) atoms. The van der Waals surface area contributed by atoms with E-state index in [0.717, 1.165) is 23.7 Å². The second kappa shape index (κ2) is 2.76. The first-order chi connectivity index (χ1) is 7.92. The number of allylic oxidation sites excluding steroid dienone is 2. The lowest BCUT2D eigenvalue weighted by Gasteiger charge is -2.39. The van der Waals surface area contributed by atoms with Gasteiger partial charge in [-0.05, 0) is 74.0 Å². The van der Waals surface area contributed by atoms with Gasteiger partial charge in [-0.15, -0.1) is 0 Å². The summed E-state index contributed by atoms with van der Waals surface area (Å²) in [6.45, 7) is 0.